The van der Waals surface area contributed by atoms with Crippen molar-refractivity contribution >= 4 is 22.7 Å². The zero-order chi connectivity index (χ0) is 14.4. The van der Waals surface area contributed by atoms with E-state index in [1.54, 1.807) is 7.11 Å². The van der Waals surface area contributed by atoms with Crippen LogP contribution in [-0.4, -0.2) is 29.7 Å². The standard InChI is InChI=1S/C14H21N5O/c1-3-6-10(9-20-2)16-13-11-7-4-5-8-12(11)17-14(18-13)19-15/h4-5,7-8,10H,3,6,9,15H2,1-2H3,(H2,16,17,18,19). The highest BCUT2D eigenvalue weighted by Gasteiger charge is 2.12. The minimum Gasteiger partial charge on any atom is -0.383 e. The summed E-state index contributed by atoms with van der Waals surface area (Å²) in [4.78, 5) is 8.74. The Hall–Kier alpha value is -1.92. The number of fused-ring (bicyclic) bond motifs is 1. The molecule has 6 heteroatoms. The van der Waals surface area contributed by atoms with Crippen molar-refractivity contribution in [1.82, 2.24) is 9.97 Å². The molecule has 1 aromatic heterocycles. The number of hydrogen-bond donors (Lipinski definition) is 3. The van der Waals surface area contributed by atoms with Crippen molar-refractivity contribution in [2.45, 2.75) is 25.8 Å². The van der Waals surface area contributed by atoms with E-state index in [1.807, 2.05) is 24.3 Å². The number of nitrogen functional groups attached to an aromatic ring is 1. The van der Waals surface area contributed by atoms with Crippen molar-refractivity contribution < 1.29 is 4.74 Å². The van der Waals surface area contributed by atoms with E-state index in [2.05, 4.69) is 27.6 Å². The number of anilines is 2. The van der Waals surface area contributed by atoms with Crippen LogP contribution in [0.2, 0.25) is 0 Å². The number of nitrogens with one attached hydrogen (secondary N) is 2. The predicted molar refractivity (Wildman–Crippen MR) is 81.5 cm³/mol. The fourth-order valence-electron chi connectivity index (χ4n) is 2.19. The molecule has 108 valence electrons. The average molecular weight is 275 g/mol. The zero-order valence-electron chi connectivity index (χ0n) is 11.9. The number of para-hydroxylation sites is 1. The van der Waals surface area contributed by atoms with Crippen LogP contribution >= 0.6 is 0 Å². The van der Waals surface area contributed by atoms with Crippen LogP contribution in [0.4, 0.5) is 11.8 Å². The van der Waals surface area contributed by atoms with E-state index >= 15 is 0 Å². The first-order valence-corrected chi connectivity index (χ1v) is 6.77. The van der Waals surface area contributed by atoms with Crippen LogP contribution in [0.25, 0.3) is 10.9 Å². The molecule has 1 heterocycles. The molecule has 0 amide bonds. The second-order valence-corrected chi connectivity index (χ2v) is 4.64. The Bertz CT molecular complexity index is 554. The molecule has 1 aromatic carbocycles. The van der Waals surface area contributed by atoms with E-state index < -0.39 is 0 Å². The lowest BCUT2D eigenvalue weighted by Crippen LogP contribution is -2.26. The van der Waals surface area contributed by atoms with Gasteiger partial charge in [0.2, 0.25) is 5.95 Å². The van der Waals surface area contributed by atoms with Crippen LogP contribution in [-0.2, 0) is 4.74 Å². The molecule has 0 radical (unpaired) electrons. The summed E-state index contributed by atoms with van der Waals surface area (Å²) in [6.07, 6.45) is 2.09. The monoisotopic (exact) mass is 275 g/mol. The largest absolute Gasteiger partial charge is 0.383 e. The lowest BCUT2D eigenvalue weighted by atomic mass is 10.1. The van der Waals surface area contributed by atoms with E-state index in [9.17, 15) is 0 Å². The van der Waals surface area contributed by atoms with Crippen molar-refractivity contribution in [1.29, 1.82) is 0 Å². The van der Waals surface area contributed by atoms with Crippen LogP contribution < -0.4 is 16.6 Å². The normalized spacial score (nSPS) is 12.3. The molecule has 0 saturated carbocycles. The number of nitrogens with zero attached hydrogens (tertiary/aromatic N) is 2. The molecule has 1 unspecified atom stereocenters. The highest BCUT2D eigenvalue weighted by atomic mass is 16.5. The number of aromatic nitrogens is 2. The Morgan fingerprint density at radius 1 is 1.30 bits per heavy atom. The Morgan fingerprint density at radius 3 is 2.80 bits per heavy atom. The van der Waals surface area contributed by atoms with Gasteiger partial charge in [0.25, 0.3) is 0 Å². The van der Waals surface area contributed by atoms with E-state index in [1.165, 1.54) is 0 Å². The molecule has 2 rings (SSSR count). The first-order valence-electron chi connectivity index (χ1n) is 6.77. The summed E-state index contributed by atoms with van der Waals surface area (Å²) in [6.45, 7) is 2.78. The molecule has 0 aliphatic heterocycles. The van der Waals surface area contributed by atoms with Gasteiger partial charge in [-0.05, 0) is 18.6 Å². The van der Waals surface area contributed by atoms with Gasteiger partial charge in [-0.15, -0.1) is 0 Å². The summed E-state index contributed by atoms with van der Waals surface area (Å²) in [7, 11) is 1.70. The first-order chi connectivity index (χ1) is 9.78. The quantitative estimate of drug-likeness (QED) is 0.530. The van der Waals surface area contributed by atoms with Crippen LogP contribution in [0.5, 0.6) is 0 Å². The van der Waals surface area contributed by atoms with Gasteiger partial charge in [0.1, 0.15) is 5.82 Å². The summed E-state index contributed by atoms with van der Waals surface area (Å²) >= 11 is 0. The number of benzene rings is 1. The first kappa shape index (κ1) is 14.5. The third-order valence-corrected chi connectivity index (χ3v) is 3.08. The third kappa shape index (κ3) is 3.34. The van der Waals surface area contributed by atoms with Crippen LogP contribution in [0, 0.1) is 0 Å². The Morgan fingerprint density at radius 2 is 2.10 bits per heavy atom. The lowest BCUT2D eigenvalue weighted by molar-refractivity contribution is 0.182. The molecule has 0 bridgehead atoms. The molecule has 6 nitrogen and oxygen atoms in total. The molecule has 4 N–H and O–H groups in total. The van der Waals surface area contributed by atoms with Gasteiger partial charge in [-0.3, -0.25) is 5.43 Å². The van der Waals surface area contributed by atoms with Gasteiger partial charge >= 0.3 is 0 Å². The smallest absolute Gasteiger partial charge is 0.239 e. The van der Waals surface area contributed by atoms with Gasteiger partial charge in [0.15, 0.2) is 0 Å². The average Bonchev–Trinajstić information content (AvgIpc) is 2.47. The number of hydrogen-bond acceptors (Lipinski definition) is 6. The topological polar surface area (TPSA) is 85.1 Å². The summed E-state index contributed by atoms with van der Waals surface area (Å²) < 4.78 is 5.25. The van der Waals surface area contributed by atoms with Gasteiger partial charge in [0.05, 0.1) is 18.2 Å². The van der Waals surface area contributed by atoms with Crippen LogP contribution in [0.15, 0.2) is 24.3 Å². The Labute approximate surface area is 118 Å². The third-order valence-electron chi connectivity index (χ3n) is 3.08. The molecule has 2 aromatic rings. The molecule has 20 heavy (non-hydrogen) atoms. The summed E-state index contributed by atoms with van der Waals surface area (Å²) in [5.74, 6) is 6.61. The SMILES string of the molecule is CCCC(COC)Nc1nc(NN)nc2ccccc12. The maximum absolute atomic E-state index is 5.43. The fourth-order valence-corrected chi connectivity index (χ4v) is 2.19. The Balaban J connectivity index is 2.35. The Kier molecular flexibility index (Phi) is 5.09. The predicted octanol–water partition coefficient (Wildman–Crippen LogP) is 2.14. The summed E-state index contributed by atoms with van der Waals surface area (Å²) in [6, 6.07) is 8.06. The molecule has 0 aliphatic carbocycles. The second kappa shape index (κ2) is 7.02. The van der Waals surface area contributed by atoms with Gasteiger partial charge in [-0.2, -0.15) is 4.98 Å². The maximum Gasteiger partial charge on any atom is 0.239 e. The molecular formula is C14H21N5O. The van der Waals surface area contributed by atoms with E-state index in [0.29, 0.717) is 12.6 Å². The van der Waals surface area contributed by atoms with Crippen molar-refractivity contribution in [2.24, 2.45) is 5.84 Å². The van der Waals surface area contributed by atoms with Crippen LogP contribution in [0.1, 0.15) is 19.8 Å². The summed E-state index contributed by atoms with van der Waals surface area (Å²) in [5.41, 5.74) is 3.36. The second-order valence-electron chi connectivity index (χ2n) is 4.64. The lowest BCUT2D eigenvalue weighted by Gasteiger charge is -2.19. The minimum atomic E-state index is 0.217. The van der Waals surface area contributed by atoms with E-state index in [-0.39, 0.29) is 6.04 Å². The number of hydrazine groups is 1. The van der Waals surface area contributed by atoms with Gasteiger partial charge in [-0.1, -0.05) is 25.5 Å². The van der Waals surface area contributed by atoms with Crippen LogP contribution in [0.3, 0.4) is 0 Å². The molecule has 0 saturated heterocycles. The molecule has 0 spiro atoms. The van der Waals surface area contributed by atoms with E-state index in [4.69, 9.17) is 10.6 Å². The molecule has 1 atom stereocenters. The molecular weight excluding hydrogens is 254 g/mol. The van der Waals surface area contributed by atoms with Crippen molar-refractivity contribution in [3.05, 3.63) is 24.3 Å². The van der Waals surface area contributed by atoms with Crippen molar-refractivity contribution in [2.75, 3.05) is 24.5 Å². The number of nitrogens with two attached hydrogens (primary N) is 1. The number of ether oxygens (including phenoxy) is 1. The van der Waals surface area contributed by atoms with Gasteiger partial charge in [-0.25, -0.2) is 10.8 Å². The highest BCUT2D eigenvalue weighted by molar-refractivity contribution is 5.90. The highest BCUT2D eigenvalue weighted by Crippen LogP contribution is 2.22. The van der Waals surface area contributed by atoms with E-state index in [0.717, 1.165) is 29.6 Å². The minimum absolute atomic E-state index is 0.217. The van der Waals surface area contributed by atoms with Gasteiger partial charge < -0.3 is 10.1 Å². The summed E-state index contributed by atoms with van der Waals surface area (Å²) in [5, 5.41) is 4.40. The molecule has 0 aliphatic rings. The zero-order valence-corrected chi connectivity index (χ0v) is 11.9. The molecule has 0 fully saturated rings. The maximum atomic E-state index is 5.43. The van der Waals surface area contributed by atoms with Crippen molar-refractivity contribution in [3.63, 3.8) is 0 Å². The number of rotatable bonds is 7. The van der Waals surface area contributed by atoms with Crippen molar-refractivity contribution in [3.8, 4) is 0 Å². The number of methoxy groups -OCH3 is 1. The fraction of sp³-hybridized carbons (Fsp3) is 0.429. The van der Waals surface area contributed by atoms with Gasteiger partial charge in [0, 0.05) is 12.5 Å².